The van der Waals surface area contributed by atoms with Crippen molar-refractivity contribution in [1.29, 1.82) is 0 Å². The zero-order valence-electron chi connectivity index (χ0n) is 9.63. The third-order valence-electron chi connectivity index (χ3n) is 2.22. The fourth-order valence-electron chi connectivity index (χ4n) is 1.33. The van der Waals surface area contributed by atoms with Crippen LogP contribution in [0.5, 0.6) is 0 Å². The molecule has 0 fully saturated rings. The molecule has 98 valence electrons. The second kappa shape index (κ2) is 6.61. The summed E-state index contributed by atoms with van der Waals surface area (Å²) in [5, 5.41) is 3.06. The molecule has 0 spiro atoms. The highest BCUT2D eigenvalue weighted by Gasteiger charge is 2.26. The van der Waals surface area contributed by atoms with Gasteiger partial charge in [0.15, 0.2) is 0 Å². The van der Waals surface area contributed by atoms with Crippen molar-refractivity contribution in [1.82, 2.24) is 14.9 Å². The van der Waals surface area contributed by atoms with E-state index < -0.39 is 12.6 Å². The predicted molar refractivity (Wildman–Crippen MR) is 56.5 cm³/mol. The van der Waals surface area contributed by atoms with E-state index in [9.17, 15) is 13.2 Å². The van der Waals surface area contributed by atoms with Crippen molar-refractivity contribution in [3.05, 3.63) is 18.2 Å². The molecule has 0 bridgehead atoms. The van der Waals surface area contributed by atoms with Crippen LogP contribution in [0.3, 0.4) is 0 Å². The van der Waals surface area contributed by atoms with Gasteiger partial charge >= 0.3 is 6.18 Å². The van der Waals surface area contributed by atoms with Gasteiger partial charge in [-0.15, -0.1) is 0 Å². The van der Waals surface area contributed by atoms with Crippen LogP contribution in [0.25, 0.3) is 0 Å². The minimum Gasteiger partial charge on any atom is -0.383 e. The SMILES string of the molecule is COCCNCc1cncn1CCC(F)(F)F. The summed E-state index contributed by atoms with van der Waals surface area (Å²) >= 11 is 0. The number of aryl methyl sites for hydroxylation is 1. The summed E-state index contributed by atoms with van der Waals surface area (Å²) in [6, 6.07) is 0. The lowest BCUT2D eigenvalue weighted by atomic mass is 10.4. The quantitative estimate of drug-likeness (QED) is 0.748. The maximum Gasteiger partial charge on any atom is 0.390 e. The number of hydrogen-bond acceptors (Lipinski definition) is 3. The van der Waals surface area contributed by atoms with E-state index in [4.69, 9.17) is 4.74 Å². The van der Waals surface area contributed by atoms with E-state index in [0.717, 1.165) is 5.69 Å². The molecule has 17 heavy (non-hydrogen) atoms. The van der Waals surface area contributed by atoms with Crippen molar-refractivity contribution in [3.8, 4) is 0 Å². The summed E-state index contributed by atoms with van der Waals surface area (Å²) in [7, 11) is 1.59. The van der Waals surface area contributed by atoms with Crippen LogP contribution < -0.4 is 5.32 Å². The van der Waals surface area contributed by atoms with E-state index in [1.54, 1.807) is 13.3 Å². The maximum absolute atomic E-state index is 12.1. The highest BCUT2D eigenvalue weighted by atomic mass is 19.4. The van der Waals surface area contributed by atoms with E-state index >= 15 is 0 Å². The lowest BCUT2D eigenvalue weighted by Gasteiger charge is -2.10. The Balaban J connectivity index is 2.37. The molecule has 1 aromatic heterocycles. The Morgan fingerprint density at radius 1 is 1.47 bits per heavy atom. The zero-order chi connectivity index (χ0) is 12.7. The Bertz CT molecular complexity index is 325. The number of hydrogen-bond donors (Lipinski definition) is 1. The van der Waals surface area contributed by atoms with Crippen LogP contribution in [0.2, 0.25) is 0 Å². The number of alkyl halides is 3. The lowest BCUT2D eigenvalue weighted by molar-refractivity contribution is -0.136. The van der Waals surface area contributed by atoms with E-state index in [-0.39, 0.29) is 6.54 Å². The fourth-order valence-corrected chi connectivity index (χ4v) is 1.33. The normalized spacial score (nSPS) is 12.0. The third-order valence-corrected chi connectivity index (χ3v) is 2.22. The molecule has 0 aromatic carbocycles. The Hall–Kier alpha value is -1.08. The summed E-state index contributed by atoms with van der Waals surface area (Å²) in [4.78, 5) is 3.85. The van der Waals surface area contributed by atoms with E-state index in [0.29, 0.717) is 19.7 Å². The van der Waals surface area contributed by atoms with Crippen LogP contribution in [0.4, 0.5) is 13.2 Å². The summed E-state index contributed by atoms with van der Waals surface area (Å²) in [6.45, 7) is 1.61. The van der Waals surface area contributed by atoms with Crippen molar-refractivity contribution in [3.63, 3.8) is 0 Å². The maximum atomic E-state index is 12.1. The monoisotopic (exact) mass is 251 g/mol. The van der Waals surface area contributed by atoms with Gasteiger partial charge in [-0.1, -0.05) is 0 Å². The van der Waals surface area contributed by atoms with Gasteiger partial charge < -0.3 is 14.6 Å². The smallest absolute Gasteiger partial charge is 0.383 e. The van der Waals surface area contributed by atoms with Gasteiger partial charge in [-0.3, -0.25) is 0 Å². The standard InChI is InChI=1S/C10H16F3N3O/c1-17-5-3-14-6-9-7-15-8-16(9)4-2-10(11,12)13/h7-8,14H,2-6H2,1H3. The number of imidazole rings is 1. The molecule has 1 heterocycles. The molecular formula is C10H16F3N3O. The second-order valence-electron chi connectivity index (χ2n) is 3.61. The molecule has 1 N–H and O–H groups in total. The van der Waals surface area contributed by atoms with Gasteiger partial charge in [0.1, 0.15) is 0 Å². The van der Waals surface area contributed by atoms with Gasteiger partial charge in [0.25, 0.3) is 0 Å². The molecule has 0 aliphatic rings. The molecule has 0 aliphatic heterocycles. The first kappa shape index (κ1) is 14.0. The number of nitrogens with one attached hydrogen (secondary N) is 1. The van der Waals surface area contributed by atoms with Crippen LogP contribution in [0, 0.1) is 0 Å². The average molecular weight is 251 g/mol. The first-order valence-corrected chi connectivity index (χ1v) is 5.28. The minimum absolute atomic E-state index is 0.0925. The highest BCUT2D eigenvalue weighted by molar-refractivity contribution is 4.97. The van der Waals surface area contributed by atoms with Crippen LogP contribution in [0.15, 0.2) is 12.5 Å². The van der Waals surface area contributed by atoms with Crippen molar-refractivity contribution >= 4 is 0 Å². The van der Waals surface area contributed by atoms with Crippen LogP contribution >= 0.6 is 0 Å². The van der Waals surface area contributed by atoms with Gasteiger partial charge in [-0.05, 0) is 0 Å². The third kappa shape index (κ3) is 5.69. The number of rotatable bonds is 7. The van der Waals surface area contributed by atoms with Gasteiger partial charge in [0, 0.05) is 32.9 Å². The van der Waals surface area contributed by atoms with E-state index in [2.05, 4.69) is 10.3 Å². The molecule has 0 aliphatic carbocycles. The molecular weight excluding hydrogens is 235 g/mol. The Kier molecular flexibility index (Phi) is 5.43. The minimum atomic E-state index is -4.13. The second-order valence-corrected chi connectivity index (χ2v) is 3.61. The number of methoxy groups -OCH3 is 1. The van der Waals surface area contributed by atoms with Gasteiger partial charge in [0.2, 0.25) is 0 Å². The summed E-state index contributed by atoms with van der Waals surface area (Å²) in [5.74, 6) is 0. The molecule has 4 nitrogen and oxygen atoms in total. The molecule has 0 radical (unpaired) electrons. The summed E-state index contributed by atoms with van der Waals surface area (Å²) in [5.41, 5.74) is 0.741. The van der Waals surface area contributed by atoms with Gasteiger partial charge in [-0.25, -0.2) is 4.98 Å². The lowest BCUT2D eigenvalue weighted by Crippen LogP contribution is -2.21. The molecule has 0 saturated carbocycles. The van der Waals surface area contributed by atoms with Gasteiger partial charge in [-0.2, -0.15) is 13.2 Å². The average Bonchev–Trinajstić information content (AvgIpc) is 2.68. The van der Waals surface area contributed by atoms with Crippen LogP contribution in [-0.2, 0) is 17.8 Å². The molecule has 1 aromatic rings. The molecule has 0 atom stereocenters. The van der Waals surface area contributed by atoms with E-state index in [1.165, 1.54) is 10.9 Å². The Morgan fingerprint density at radius 2 is 2.24 bits per heavy atom. The molecule has 0 saturated heterocycles. The first-order valence-electron chi connectivity index (χ1n) is 5.28. The number of ether oxygens (including phenoxy) is 1. The molecule has 0 amide bonds. The highest BCUT2D eigenvalue weighted by Crippen LogP contribution is 2.20. The molecule has 0 unspecified atom stereocenters. The van der Waals surface area contributed by atoms with Crippen LogP contribution in [0.1, 0.15) is 12.1 Å². The van der Waals surface area contributed by atoms with E-state index in [1.807, 2.05) is 0 Å². The van der Waals surface area contributed by atoms with Crippen LogP contribution in [-0.4, -0.2) is 36.0 Å². The van der Waals surface area contributed by atoms with Crippen molar-refractivity contribution < 1.29 is 17.9 Å². The number of nitrogens with zero attached hydrogens (tertiary/aromatic N) is 2. The Labute approximate surface area is 97.8 Å². The van der Waals surface area contributed by atoms with Crippen molar-refractivity contribution in [2.75, 3.05) is 20.3 Å². The topological polar surface area (TPSA) is 39.1 Å². The summed E-state index contributed by atoms with van der Waals surface area (Å²) < 4.78 is 42.6. The summed E-state index contributed by atoms with van der Waals surface area (Å²) in [6.07, 6.45) is -1.99. The first-order chi connectivity index (χ1) is 8.03. The number of halogens is 3. The molecule has 1 rings (SSSR count). The Morgan fingerprint density at radius 3 is 2.88 bits per heavy atom. The zero-order valence-corrected chi connectivity index (χ0v) is 9.63. The van der Waals surface area contributed by atoms with Crippen molar-refractivity contribution in [2.24, 2.45) is 0 Å². The largest absolute Gasteiger partial charge is 0.390 e. The fraction of sp³-hybridized carbons (Fsp3) is 0.700. The molecule has 7 heteroatoms. The van der Waals surface area contributed by atoms with Gasteiger partial charge in [0.05, 0.1) is 25.0 Å². The van der Waals surface area contributed by atoms with Crippen molar-refractivity contribution in [2.45, 2.75) is 25.7 Å². The number of aromatic nitrogens is 2. The predicted octanol–water partition coefficient (Wildman–Crippen LogP) is 1.57.